The topological polar surface area (TPSA) is 24.9 Å². The zero-order chi connectivity index (χ0) is 10.7. The summed E-state index contributed by atoms with van der Waals surface area (Å²) >= 11 is 1.56. The average molecular weight is 220 g/mol. The number of nitrogens with zero attached hydrogens (tertiary/aromatic N) is 1. The van der Waals surface area contributed by atoms with Crippen LogP contribution in [0.15, 0.2) is 24.3 Å². The first-order valence-electron chi connectivity index (χ1n) is 5.42. The summed E-state index contributed by atoms with van der Waals surface area (Å²) in [7, 11) is 0. The molecule has 2 rings (SSSR count). The van der Waals surface area contributed by atoms with Gasteiger partial charge in [-0.1, -0.05) is 25.5 Å². The van der Waals surface area contributed by atoms with E-state index in [0.717, 1.165) is 5.52 Å². The second kappa shape index (κ2) is 4.62. The highest BCUT2D eigenvalue weighted by molar-refractivity contribution is 7.11. The second-order valence-electron chi connectivity index (χ2n) is 3.86. The molecule has 0 aliphatic heterocycles. The van der Waals surface area contributed by atoms with Gasteiger partial charge in [-0.2, -0.15) is 4.37 Å². The number of benzene rings is 1. The normalized spacial score (nSPS) is 12.9. The predicted molar refractivity (Wildman–Crippen MR) is 67.6 cm³/mol. The Hall–Kier alpha value is -1.09. The van der Waals surface area contributed by atoms with Crippen molar-refractivity contribution >= 4 is 27.4 Å². The lowest BCUT2D eigenvalue weighted by molar-refractivity contribution is 0.692. The van der Waals surface area contributed by atoms with E-state index in [1.807, 2.05) is 6.07 Å². The monoisotopic (exact) mass is 220 g/mol. The van der Waals surface area contributed by atoms with Crippen molar-refractivity contribution in [3.8, 4) is 0 Å². The van der Waals surface area contributed by atoms with Gasteiger partial charge in [-0.3, -0.25) is 0 Å². The Morgan fingerprint density at radius 2 is 2.20 bits per heavy atom. The second-order valence-corrected chi connectivity index (χ2v) is 4.64. The number of hydrogen-bond donors (Lipinski definition) is 1. The fourth-order valence-corrected chi connectivity index (χ4v) is 2.60. The summed E-state index contributed by atoms with van der Waals surface area (Å²) in [5.74, 6) is 0. The minimum Gasteiger partial charge on any atom is -0.373 e. The summed E-state index contributed by atoms with van der Waals surface area (Å²) in [5.41, 5.74) is 1.09. The van der Waals surface area contributed by atoms with Crippen LogP contribution in [0.4, 0.5) is 5.00 Å². The lowest BCUT2D eigenvalue weighted by Crippen LogP contribution is -2.13. The maximum atomic E-state index is 4.41. The van der Waals surface area contributed by atoms with Gasteiger partial charge in [0.2, 0.25) is 0 Å². The van der Waals surface area contributed by atoms with E-state index in [0.29, 0.717) is 6.04 Å². The van der Waals surface area contributed by atoms with Gasteiger partial charge in [0.1, 0.15) is 5.00 Å². The number of hydrogen-bond acceptors (Lipinski definition) is 3. The first-order valence-corrected chi connectivity index (χ1v) is 6.19. The molecule has 15 heavy (non-hydrogen) atoms. The zero-order valence-corrected chi connectivity index (χ0v) is 9.97. The number of anilines is 1. The molecule has 0 saturated carbocycles. The first kappa shape index (κ1) is 10.4. The lowest BCUT2D eigenvalue weighted by atomic mass is 10.2. The van der Waals surface area contributed by atoms with Crippen molar-refractivity contribution in [3.05, 3.63) is 24.3 Å². The van der Waals surface area contributed by atoms with E-state index in [1.54, 1.807) is 11.5 Å². The molecule has 0 spiro atoms. The summed E-state index contributed by atoms with van der Waals surface area (Å²) < 4.78 is 4.41. The largest absolute Gasteiger partial charge is 0.373 e. The molecule has 0 radical (unpaired) electrons. The van der Waals surface area contributed by atoms with Crippen LogP contribution in [0, 0.1) is 0 Å². The molecule has 1 N–H and O–H groups in total. The van der Waals surface area contributed by atoms with Gasteiger partial charge in [0, 0.05) is 11.4 Å². The van der Waals surface area contributed by atoms with Crippen molar-refractivity contribution in [1.29, 1.82) is 0 Å². The van der Waals surface area contributed by atoms with Crippen LogP contribution in [0.25, 0.3) is 10.9 Å². The molecule has 1 unspecified atom stereocenters. The van der Waals surface area contributed by atoms with Gasteiger partial charge >= 0.3 is 0 Å². The molecule has 1 aromatic carbocycles. The van der Waals surface area contributed by atoms with Crippen molar-refractivity contribution in [2.24, 2.45) is 0 Å². The molecular weight excluding hydrogens is 204 g/mol. The fourth-order valence-electron chi connectivity index (χ4n) is 1.72. The van der Waals surface area contributed by atoms with Crippen LogP contribution in [-0.4, -0.2) is 10.4 Å². The highest BCUT2D eigenvalue weighted by atomic mass is 32.1. The van der Waals surface area contributed by atoms with Crippen molar-refractivity contribution < 1.29 is 0 Å². The van der Waals surface area contributed by atoms with E-state index in [4.69, 9.17) is 0 Å². The van der Waals surface area contributed by atoms with Crippen LogP contribution in [0.1, 0.15) is 26.7 Å². The fraction of sp³-hybridized carbons (Fsp3) is 0.417. The number of aromatic nitrogens is 1. The van der Waals surface area contributed by atoms with Crippen molar-refractivity contribution in [3.63, 3.8) is 0 Å². The van der Waals surface area contributed by atoms with E-state index >= 15 is 0 Å². The Morgan fingerprint density at radius 3 is 3.00 bits per heavy atom. The molecule has 1 aromatic heterocycles. The van der Waals surface area contributed by atoms with Crippen LogP contribution in [-0.2, 0) is 0 Å². The van der Waals surface area contributed by atoms with Crippen molar-refractivity contribution in [1.82, 2.24) is 4.37 Å². The molecule has 1 atom stereocenters. The SMILES string of the molecule is CCCC(C)Nc1snc2ccccc12. The van der Waals surface area contributed by atoms with Gasteiger partial charge < -0.3 is 5.32 Å². The van der Waals surface area contributed by atoms with E-state index in [9.17, 15) is 0 Å². The van der Waals surface area contributed by atoms with Crippen LogP contribution in [0.2, 0.25) is 0 Å². The van der Waals surface area contributed by atoms with Crippen molar-refractivity contribution in [2.45, 2.75) is 32.7 Å². The number of nitrogens with one attached hydrogen (secondary N) is 1. The summed E-state index contributed by atoms with van der Waals surface area (Å²) in [6.45, 7) is 4.43. The van der Waals surface area contributed by atoms with Gasteiger partial charge in [0.15, 0.2) is 0 Å². The molecule has 80 valence electrons. The Bertz CT molecular complexity index is 436. The first-order chi connectivity index (χ1) is 7.31. The van der Waals surface area contributed by atoms with Gasteiger partial charge in [-0.05, 0) is 37.0 Å². The van der Waals surface area contributed by atoms with Gasteiger partial charge in [0.25, 0.3) is 0 Å². The molecule has 0 saturated heterocycles. The van der Waals surface area contributed by atoms with Crippen LogP contribution in [0.3, 0.4) is 0 Å². The third-order valence-corrected chi connectivity index (χ3v) is 3.29. The molecule has 1 heterocycles. The van der Waals surface area contributed by atoms with Gasteiger partial charge in [0.05, 0.1) is 5.52 Å². The third kappa shape index (κ3) is 2.29. The maximum Gasteiger partial charge on any atom is 0.117 e. The summed E-state index contributed by atoms with van der Waals surface area (Å²) in [6, 6.07) is 8.80. The average Bonchev–Trinajstić information content (AvgIpc) is 2.62. The Morgan fingerprint density at radius 1 is 1.40 bits per heavy atom. The van der Waals surface area contributed by atoms with E-state index in [1.165, 1.54) is 23.2 Å². The highest BCUT2D eigenvalue weighted by Gasteiger charge is 2.07. The van der Waals surface area contributed by atoms with Crippen molar-refractivity contribution in [2.75, 3.05) is 5.32 Å². The molecule has 0 amide bonds. The highest BCUT2D eigenvalue weighted by Crippen LogP contribution is 2.28. The minimum absolute atomic E-state index is 0.527. The van der Waals surface area contributed by atoms with Gasteiger partial charge in [-0.25, -0.2) is 0 Å². The number of rotatable bonds is 4. The molecule has 0 aliphatic rings. The predicted octanol–water partition coefficient (Wildman–Crippen LogP) is 3.90. The maximum absolute atomic E-state index is 4.41. The van der Waals surface area contributed by atoms with E-state index in [-0.39, 0.29) is 0 Å². The molecule has 0 bridgehead atoms. The smallest absolute Gasteiger partial charge is 0.117 e. The van der Waals surface area contributed by atoms with E-state index < -0.39 is 0 Å². The Balaban J connectivity index is 2.21. The molecule has 0 aliphatic carbocycles. The van der Waals surface area contributed by atoms with Crippen LogP contribution < -0.4 is 5.32 Å². The molecular formula is C12H16N2S. The molecule has 2 aromatic rings. The number of fused-ring (bicyclic) bond motifs is 1. The third-order valence-electron chi connectivity index (χ3n) is 2.48. The van der Waals surface area contributed by atoms with Crippen LogP contribution in [0.5, 0.6) is 0 Å². The standard InChI is InChI=1S/C12H16N2S/c1-3-6-9(2)13-12-10-7-4-5-8-11(10)14-15-12/h4-5,7-9,13H,3,6H2,1-2H3. The quantitative estimate of drug-likeness (QED) is 0.845. The zero-order valence-electron chi connectivity index (χ0n) is 9.16. The minimum atomic E-state index is 0.527. The summed E-state index contributed by atoms with van der Waals surface area (Å²) in [6.07, 6.45) is 2.41. The molecule has 3 heteroatoms. The summed E-state index contributed by atoms with van der Waals surface area (Å²) in [4.78, 5) is 0. The van der Waals surface area contributed by atoms with Crippen LogP contribution >= 0.6 is 11.5 Å². The van der Waals surface area contributed by atoms with Gasteiger partial charge in [-0.15, -0.1) is 0 Å². The van der Waals surface area contributed by atoms with E-state index in [2.05, 4.69) is 41.7 Å². The summed E-state index contributed by atoms with van der Waals surface area (Å²) in [5, 5.41) is 5.96. The molecule has 0 fully saturated rings. The Kier molecular flexibility index (Phi) is 3.21. The lowest BCUT2D eigenvalue weighted by Gasteiger charge is -2.11. The Labute approximate surface area is 94.5 Å². The molecule has 2 nitrogen and oxygen atoms in total.